The average Bonchev–Trinajstić information content (AvgIpc) is 3.50. The molecule has 2 aliphatic heterocycles. The van der Waals surface area contributed by atoms with Gasteiger partial charge in [0, 0.05) is 57.7 Å². The Kier molecular flexibility index (Phi) is 11.4. The van der Waals surface area contributed by atoms with Gasteiger partial charge in [-0.15, -0.1) is 0 Å². The Labute approximate surface area is 422 Å². The van der Waals surface area contributed by atoms with Crippen LogP contribution < -0.4 is 20.2 Å². The van der Waals surface area contributed by atoms with Crippen LogP contribution in [0.15, 0.2) is 234 Å². The van der Waals surface area contributed by atoms with Crippen LogP contribution in [0.3, 0.4) is 0 Å². The van der Waals surface area contributed by atoms with Gasteiger partial charge in [0.2, 0.25) is 0 Å². The highest BCUT2D eigenvalue weighted by molar-refractivity contribution is 5.88. The molecule has 0 saturated heterocycles. The molecule has 0 bridgehead atoms. The van der Waals surface area contributed by atoms with E-state index in [1.807, 2.05) is 6.08 Å². The maximum Gasteiger partial charge on any atom is 0.0496 e. The Hall–Kier alpha value is -7.16. The van der Waals surface area contributed by atoms with Crippen molar-refractivity contribution in [3.05, 3.63) is 272 Å². The number of fused-ring (bicyclic) bond motifs is 6. The molecule has 71 heavy (non-hydrogen) atoms. The highest BCUT2D eigenvalue weighted by Crippen LogP contribution is 2.52. The summed E-state index contributed by atoms with van der Waals surface area (Å²) < 4.78 is 0. The highest BCUT2D eigenvalue weighted by Gasteiger charge is 2.40. The van der Waals surface area contributed by atoms with E-state index < -0.39 is 0 Å². The quantitative estimate of drug-likeness (QED) is 0.163. The summed E-state index contributed by atoms with van der Waals surface area (Å²) in [4.78, 5) is 5.06. The van der Waals surface area contributed by atoms with E-state index in [9.17, 15) is 0 Å². The van der Waals surface area contributed by atoms with Gasteiger partial charge in [0.15, 0.2) is 0 Å². The molecule has 12 rings (SSSR count). The Morgan fingerprint density at radius 2 is 1.35 bits per heavy atom. The Bertz CT molecular complexity index is 3460. The highest BCUT2D eigenvalue weighted by atomic mass is 15.2. The predicted octanol–water partition coefficient (Wildman–Crippen LogP) is 15.5. The van der Waals surface area contributed by atoms with Crippen molar-refractivity contribution in [2.75, 3.05) is 16.3 Å². The van der Waals surface area contributed by atoms with Gasteiger partial charge in [-0.2, -0.15) is 0 Å². The summed E-state index contributed by atoms with van der Waals surface area (Å²) >= 11 is 0. The summed E-state index contributed by atoms with van der Waals surface area (Å²) in [7, 11) is 0. The molecule has 0 N–H and O–H groups in total. The second-order valence-corrected chi connectivity index (χ2v) is 21.8. The zero-order chi connectivity index (χ0) is 48.4. The standard InChI is InChI=1S/C69H66N2/c1-7-8-24-60-46(2)71(65-27-16-14-25-62(65)68(60,3)4)53-37-35-51(36-38-53)67-58-22-12-10-20-56(58)66(57-21-11-13-23-59(57)67)50-33-30-47(31-34-50)28-29-48-32-41-55-54-42-39-52(40-43-61(54)69(5,6)63(55)45-48)70-44-17-19-49-18-9-15-26-64(49)70/h7-16,18,20-30,32-33,35,37,39-42,45,56,58H,1,17,19,31,34,36,38,43-44H2,2-6H3. The average molecular weight is 923 g/mol. The molecule has 0 amide bonds. The second-order valence-electron chi connectivity index (χ2n) is 21.8. The van der Waals surface area contributed by atoms with Crippen LogP contribution in [0.2, 0.25) is 0 Å². The number of allylic oxidation sites excluding steroid dienone is 23. The first kappa shape index (κ1) is 45.0. The van der Waals surface area contributed by atoms with E-state index in [1.54, 1.807) is 0 Å². The second kappa shape index (κ2) is 17.9. The first-order chi connectivity index (χ1) is 34.6. The summed E-state index contributed by atoms with van der Waals surface area (Å²) in [6, 6.07) is 34.4. The number of benzene rings is 4. The van der Waals surface area contributed by atoms with E-state index in [0.29, 0.717) is 11.8 Å². The van der Waals surface area contributed by atoms with Crippen molar-refractivity contribution in [2.24, 2.45) is 11.8 Å². The number of rotatable bonds is 8. The Morgan fingerprint density at radius 3 is 2.07 bits per heavy atom. The Morgan fingerprint density at radius 1 is 0.648 bits per heavy atom. The lowest BCUT2D eigenvalue weighted by Gasteiger charge is -2.43. The monoisotopic (exact) mass is 923 g/mol. The van der Waals surface area contributed by atoms with Gasteiger partial charge in [-0.3, -0.25) is 0 Å². The van der Waals surface area contributed by atoms with Gasteiger partial charge in [0.1, 0.15) is 0 Å². The summed E-state index contributed by atoms with van der Waals surface area (Å²) in [6.07, 6.45) is 44.8. The zero-order valence-electron chi connectivity index (χ0n) is 42.3. The third-order valence-corrected chi connectivity index (χ3v) is 17.1. The molecule has 2 nitrogen and oxygen atoms in total. The minimum absolute atomic E-state index is 0.0348. The molecule has 0 fully saturated rings. The molecule has 4 aromatic carbocycles. The number of hydrogen-bond acceptors (Lipinski definition) is 2. The number of anilines is 2. The van der Waals surface area contributed by atoms with Gasteiger partial charge < -0.3 is 9.80 Å². The van der Waals surface area contributed by atoms with Crippen LogP contribution in [-0.4, -0.2) is 6.54 Å². The summed E-state index contributed by atoms with van der Waals surface area (Å²) in [5, 5.41) is 2.79. The van der Waals surface area contributed by atoms with E-state index in [2.05, 4.69) is 233 Å². The minimum Gasteiger partial charge on any atom is -0.342 e. The molecular weight excluding hydrogens is 857 g/mol. The molecule has 8 aliphatic rings. The van der Waals surface area contributed by atoms with Crippen molar-refractivity contribution >= 4 is 34.2 Å². The van der Waals surface area contributed by atoms with Crippen LogP contribution in [-0.2, 0) is 17.3 Å². The molecule has 4 aromatic rings. The lowest BCUT2D eigenvalue weighted by molar-refractivity contribution is 0.612. The molecular formula is C69H66N2. The van der Waals surface area contributed by atoms with E-state index in [4.69, 9.17) is 0 Å². The minimum atomic E-state index is -0.109. The largest absolute Gasteiger partial charge is 0.342 e. The van der Waals surface area contributed by atoms with E-state index in [-0.39, 0.29) is 10.8 Å². The zero-order valence-corrected chi connectivity index (χ0v) is 42.3. The lowest BCUT2D eigenvalue weighted by Crippen LogP contribution is -2.41. The molecule has 2 unspecified atom stereocenters. The van der Waals surface area contributed by atoms with Crippen LogP contribution in [0, 0.1) is 11.8 Å². The fourth-order valence-corrected chi connectivity index (χ4v) is 13.5. The fraction of sp³-hybridized carbons (Fsp3) is 0.246. The molecule has 0 radical (unpaired) electrons. The summed E-state index contributed by atoms with van der Waals surface area (Å²) in [6.45, 7) is 16.9. The van der Waals surface area contributed by atoms with Crippen LogP contribution in [0.5, 0.6) is 0 Å². The van der Waals surface area contributed by atoms with Crippen molar-refractivity contribution in [1.82, 2.24) is 0 Å². The van der Waals surface area contributed by atoms with E-state index in [1.165, 1.54) is 124 Å². The van der Waals surface area contributed by atoms with Crippen molar-refractivity contribution in [3.8, 4) is 0 Å². The molecule has 352 valence electrons. The molecule has 2 heteroatoms. The molecule has 6 aliphatic carbocycles. The van der Waals surface area contributed by atoms with Crippen molar-refractivity contribution in [1.29, 1.82) is 0 Å². The SMILES string of the molecule is C=CC=CC1=C(C)N(C2=CC=C(C3=c4ccccc4=C(C4=CC=C(C=Cc5ccc6c(c5)C(C)(C)C5=C6C=CC(N6CCCc7ccccc76)=CC5)CC4)C4C=CC=CC34)CC2)c2ccccc2C1(C)C. The van der Waals surface area contributed by atoms with Gasteiger partial charge in [-0.1, -0.05) is 198 Å². The normalized spacial score (nSPS) is 22.7. The van der Waals surface area contributed by atoms with E-state index >= 15 is 0 Å². The smallest absolute Gasteiger partial charge is 0.0496 e. The maximum atomic E-state index is 3.99. The fourth-order valence-electron chi connectivity index (χ4n) is 13.5. The third kappa shape index (κ3) is 7.61. The topological polar surface area (TPSA) is 6.48 Å². The van der Waals surface area contributed by atoms with Crippen LogP contribution >= 0.6 is 0 Å². The van der Waals surface area contributed by atoms with Crippen molar-refractivity contribution in [2.45, 2.75) is 90.4 Å². The van der Waals surface area contributed by atoms with Crippen LogP contribution in [0.25, 0.3) is 22.8 Å². The molecule has 0 spiro atoms. The van der Waals surface area contributed by atoms with Gasteiger partial charge >= 0.3 is 0 Å². The first-order valence-electron chi connectivity index (χ1n) is 26.3. The Balaban J connectivity index is 0.828. The number of hydrogen-bond donors (Lipinski definition) is 0. The molecule has 2 heterocycles. The van der Waals surface area contributed by atoms with Gasteiger partial charge in [0.05, 0.1) is 0 Å². The maximum absolute atomic E-state index is 3.99. The number of para-hydroxylation sites is 2. The predicted molar refractivity (Wildman–Crippen MR) is 302 cm³/mol. The van der Waals surface area contributed by atoms with Crippen molar-refractivity contribution in [3.63, 3.8) is 0 Å². The molecule has 0 aromatic heterocycles. The third-order valence-electron chi connectivity index (χ3n) is 17.1. The summed E-state index contributed by atoms with van der Waals surface area (Å²) in [5.74, 6) is 0.589. The summed E-state index contributed by atoms with van der Waals surface area (Å²) in [5.41, 5.74) is 25.0. The first-order valence-corrected chi connectivity index (χ1v) is 26.3. The van der Waals surface area contributed by atoms with E-state index in [0.717, 1.165) is 38.6 Å². The molecule has 2 atom stereocenters. The van der Waals surface area contributed by atoms with Gasteiger partial charge in [-0.05, 0) is 159 Å². The lowest BCUT2D eigenvalue weighted by atomic mass is 9.68. The van der Waals surface area contributed by atoms with Gasteiger partial charge in [0.25, 0.3) is 0 Å². The number of aryl methyl sites for hydroxylation is 1. The number of nitrogens with zero attached hydrogens (tertiary/aromatic N) is 2. The van der Waals surface area contributed by atoms with Crippen molar-refractivity contribution < 1.29 is 0 Å². The molecule has 0 saturated carbocycles. The van der Waals surface area contributed by atoms with Crippen LogP contribution in [0.1, 0.15) is 101 Å². The van der Waals surface area contributed by atoms with Gasteiger partial charge in [-0.25, -0.2) is 0 Å². The van der Waals surface area contributed by atoms with Crippen LogP contribution in [0.4, 0.5) is 11.4 Å².